The lowest BCUT2D eigenvalue weighted by molar-refractivity contribution is -0.126. The van der Waals surface area contributed by atoms with Crippen LogP contribution in [0, 0.1) is 12.8 Å². The van der Waals surface area contributed by atoms with Crippen molar-refractivity contribution >= 4 is 5.91 Å². The number of hydrogen-bond donors (Lipinski definition) is 2. The summed E-state index contributed by atoms with van der Waals surface area (Å²) < 4.78 is 5.61. The van der Waals surface area contributed by atoms with Crippen molar-refractivity contribution in [3.05, 3.63) is 35.4 Å². The maximum absolute atomic E-state index is 12.4. The number of nitrogens with zero attached hydrogens (tertiary/aromatic N) is 1. The fourth-order valence-corrected chi connectivity index (χ4v) is 3.93. The Morgan fingerprint density at radius 2 is 2.29 bits per heavy atom. The normalized spacial score (nSPS) is 28.0. The number of rotatable bonds is 5. The van der Waals surface area contributed by atoms with Gasteiger partial charge in [0, 0.05) is 25.0 Å². The van der Waals surface area contributed by atoms with Crippen LogP contribution in [0.4, 0.5) is 0 Å². The van der Waals surface area contributed by atoms with E-state index in [1.807, 2.05) is 12.1 Å². The van der Waals surface area contributed by atoms with Gasteiger partial charge in [0.2, 0.25) is 5.91 Å². The van der Waals surface area contributed by atoms with Crippen molar-refractivity contribution in [1.82, 2.24) is 10.2 Å². The maximum Gasteiger partial charge on any atom is 0.234 e. The van der Waals surface area contributed by atoms with Crippen molar-refractivity contribution in [2.24, 2.45) is 5.92 Å². The minimum Gasteiger partial charge on any atom is -0.393 e. The second-order valence-corrected chi connectivity index (χ2v) is 7.04. The molecule has 1 amide bonds. The molecule has 0 unspecified atom stereocenters. The van der Waals surface area contributed by atoms with Crippen LogP contribution in [0.2, 0.25) is 0 Å². The highest BCUT2D eigenvalue weighted by molar-refractivity contribution is 5.78. The first-order valence-electron chi connectivity index (χ1n) is 8.95. The summed E-state index contributed by atoms with van der Waals surface area (Å²) in [7, 11) is 0. The number of benzene rings is 1. The Morgan fingerprint density at radius 1 is 1.42 bits per heavy atom. The Bertz CT molecular complexity index is 563. The number of morpholine rings is 1. The summed E-state index contributed by atoms with van der Waals surface area (Å²) in [5.41, 5.74) is 2.32. The van der Waals surface area contributed by atoms with E-state index in [1.54, 1.807) is 0 Å². The molecule has 0 spiro atoms. The molecule has 2 fully saturated rings. The van der Waals surface area contributed by atoms with Crippen LogP contribution >= 0.6 is 0 Å². The predicted octanol–water partition coefficient (Wildman–Crippen LogP) is 1.47. The van der Waals surface area contributed by atoms with Crippen molar-refractivity contribution in [3.63, 3.8) is 0 Å². The van der Waals surface area contributed by atoms with E-state index < -0.39 is 0 Å². The first-order chi connectivity index (χ1) is 11.6. The molecule has 1 aliphatic carbocycles. The summed E-state index contributed by atoms with van der Waals surface area (Å²) in [5, 5.41) is 13.2. The van der Waals surface area contributed by atoms with Crippen LogP contribution in [-0.4, -0.2) is 54.4 Å². The number of aliphatic hydroxyl groups excluding tert-OH is 1. The largest absolute Gasteiger partial charge is 0.393 e. The van der Waals surface area contributed by atoms with Crippen LogP contribution in [-0.2, 0) is 16.1 Å². The molecule has 1 aromatic rings. The molecule has 1 heterocycles. The van der Waals surface area contributed by atoms with Crippen LogP contribution in [0.5, 0.6) is 0 Å². The molecule has 24 heavy (non-hydrogen) atoms. The van der Waals surface area contributed by atoms with Crippen LogP contribution < -0.4 is 5.32 Å². The summed E-state index contributed by atoms with van der Waals surface area (Å²) in [6.07, 6.45) is 2.70. The molecular weight excluding hydrogens is 304 g/mol. The highest BCUT2D eigenvalue weighted by Gasteiger charge is 2.38. The van der Waals surface area contributed by atoms with Crippen LogP contribution in [0.1, 0.15) is 30.4 Å². The van der Waals surface area contributed by atoms with Gasteiger partial charge in [-0.15, -0.1) is 0 Å². The molecule has 0 bridgehead atoms. The van der Waals surface area contributed by atoms with Gasteiger partial charge >= 0.3 is 0 Å². The van der Waals surface area contributed by atoms with E-state index in [0.29, 0.717) is 26.3 Å². The number of hydrogen-bond acceptors (Lipinski definition) is 4. The van der Waals surface area contributed by atoms with E-state index in [1.165, 1.54) is 5.56 Å². The van der Waals surface area contributed by atoms with E-state index >= 15 is 0 Å². The second kappa shape index (κ2) is 8.10. The van der Waals surface area contributed by atoms with Crippen LogP contribution in [0.15, 0.2) is 24.3 Å². The number of amides is 1. The topological polar surface area (TPSA) is 61.8 Å². The van der Waals surface area contributed by atoms with Crippen molar-refractivity contribution < 1.29 is 14.6 Å². The fraction of sp³-hybridized carbons (Fsp3) is 0.632. The molecule has 3 rings (SSSR count). The molecule has 3 atom stereocenters. The average molecular weight is 332 g/mol. The lowest BCUT2D eigenvalue weighted by atomic mass is 9.94. The van der Waals surface area contributed by atoms with Gasteiger partial charge in [0.05, 0.1) is 25.9 Å². The molecule has 1 aromatic carbocycles. The quantitative estimate of drug-likeness (QED) is 0.857. The lowest BCUT2D eigenvalue weighted by Crippen LogP contribution is -2.53. The van der Waals surface area contributed by atoms with Gasteiger partial charge in [0.1, 0.15) is 0 Å². The SMILES string of the molecule is Cc1cccc(CNC(=O)CN2CCOC[C@@H]2[C@@H]2CCC[C@@H]2O)c1. The van der Waals surface area contributed by atoms with E-state index in [2.05, 4.69) is 29.3 Å². The summed E-state index contributed by atoms with van der Waals surface area (Å²) >= 11 is 0. The van der Waals surface area contributed by atoms with Crippen molar-refractivity contribution in [3.8, 4) is 0 Å². The van der Waals surface area contributed by atoms with Gasteiger partial charge in [0.25, 0.3) is 0 Å². The zero-order valence-corrected chi connectivity index (χ0v) is 14.4. The fourth-order valence-electron chi connectivity index (χ4n) is 3.93. The summed E-state index contributed by atoms with van der Waals surface area (Å²) in [4.78, 5) is 14.5. The Morgan fingerprint density at radius 3 is 3.04 bits per heavy atom. The number of ether oxygens (including phenoxy) is 1. The third-order valence-electron chi connectivity index (χ3n) is 5.23. The molecule has 5 nitrogen and oxygen atoms in total. The van der Waals surface area contributed by atoms with Gasteiger partial charge in [-0.25, -0.2) is 0 Å². The molecule has 2 aliphatic rings. The van der Waals surface area contributed by atoms with Crippen molar-refractivity contribution in [2.75, 3.05) is 26.3 Å². The summed E-state index contributed by atoms with van der Waals surface area (Å²) in [6.45, 7) is 5.02. The standard InChI is InChI=1S/C19H28N2O3/c1-14-4-2-5-15(10-14)11-20-19(23)12-21-8-9-24-13-17(21)16-6-3-7-18(16)22/h2,4-5,10,16-18,22H,3,6-9,11-13H2,1H3,(H,20,23)/t16-,17+,18-/m0/s1. The lowest BCUT2D eigenvalue weighted by Gasteiger charge is -2.39. The van der Waals surface area contributed by atoms with Crippen molar-refractivity contribution in [1.29, 1.82) is 0 Å². The molecule has 0 aromatic heterocycles. The highest BCUT2D eigenvalue weighted by atomic mass is 16.5. The monoisotopic (exact) mass is 332 g/mol. The average Bonchev–Trinajstić information content (AvgIpc) is 2.99. The zero-order valence-electron chi connectivity index (χ0n) is 14.4. The van der Waals surface area contributed by atoms with Gasteiger partial charge in [-0.2, -0.15) is 0 Å². The number of nitrogens with one attached hydrogen (secondary N) is 1. The van der Waals surface area contributed by atoms with Crippen LogP contribution in [0.25, 0.3) is 0 Å². The second-order valence-electron chi connectivity index (χ2n) is 7.04. The van der Waals surface area contributed by atoms with Gasteiger partial charge in [-0.05, 0) is 25.3 Å². The Hall–Kier alpha value is -1.43. The van der Waals surface area contributed by atoms with E-state index in [9.17, 15) is 9.90 Å². The predicted molar refractivity (Wildman–Crippen MR) is 92.6 cm³/mol. The Balaban J connectivity index is 1.53. The maximum atomic E-state index is 12.4. The number of aliphatic hydroxyl groups is 1. The summed E-state index contributed by atoms with van der Waals surface area (Å²) in [5.74, 6) is 0.269. The van der Waals surface area contributed by atoms with E-state index in [0.717, 1.165) is 31.4 Å². The Labute approximate surface area is 144 Å². The molecule has 1 saturated carbocycles. The highest BCUT2D eigenvalue weighted by Crippen LogP contribution is 2.32. The smallest absolute Gasteiger partial charge is 0.234 e. The number of carbonyl (C=O) groups is 1. The molecule has 0 radical (unpaired) electrons. The van der Waals surface area contributed by atoms with Gasteiger partial charge in [-0.3, -0.25) is 9.69 Å². The molecule has 5 heteroatoms. The minimum absolute atomic E-state index is 0.0379. The zero-order chi connectivity index (χ0) is 16.9. The van der Waals surface area contributed by atoms with Crippen molar-refractivity contribution in [2.45, 2.75) is 44.9 Å². The molecule has 1 saturated heterocycles. The molecule has 2 N–H and O–H groups in total. The third-order valence-corrected chi connectivity index (χ3v) is 5.23. The van der Waals surface area contributed by atoms with Gasteiger partial charge < -0.3 is 15.2 Å². The molecule has 132 valence electrons. The first-order valence-corrected chi connectivity index (χ1v) is 8.95. The van der Waals surface area contributed by atoms with E-state index in [-0.39, 0.29) is 24.0 Å². The van der Waals surface area contributed by atoms with Crippen LogP contribution in [0.3, 0.4) is 0 Å². The third kappa shape index (κ3) is 4.35. The Kier molecular flexibility index (Phi) is 5.87. The first kappa shape index (κ1) is 17.4. The molecule has 1 aliphatic heterocycles. The van der Waals surface area contributed by atoms with E-state index in [4.69, 9.17) is 4.74 Å². The van der Waals surface area contributed by atoms with Gasteiger partial charge in [0.15, 0.2) is 0 Å². The number of carbonyl (C=O) groups excluding carboxylic acids is 1. The van der Waals surface area contributed by atoms with Gasteiger partial charge in [-0.1, -0.05) is 36.2 Å². The number of aryl methyl sites for hydroxylation is 1. The minimum atomic E-state index is -0.255. The molecular formula is C19H28N2O3. The summed E-state index contributed by atoms with van der Waals surface area (Å²) in [6, 6.07) is 8.33.